The standard InChI is InChI=1S/C13H12BrClN2O2S/c1-9(10-3-2-6-16-8-10)17-20(18,19)11-4-5-13(15)12(14)7-11/h2-9,17H,1H3. The topological polar surface area (TPSA) is 59.1 Å². The van der Waals surface area contributed by atoms with Crippen molar-refractivity contribution >= 4 is 37.6 Å². The molecule has 1 N–H and O–H groups in total. The van der Waals surface area contributed by atoms with E-state index in [2.05, 4.69) is 25.6 Å². The number of nitrogens with zero attached hydrogens (tertiary/aromatic N) is 1. The number of hydrogen-bond donors (Lipinski definition) is 1. The molecule has 106 valence electrons. The molecule has 1 aromatic heterocycles. The Morgan fingerprint density at radius 1 is 1.35 bits per heavy atom. The quantitative estimate of drug-likeness (QED) is 0.889. The highest BCUT2D eigenvalue weighted by atomic mass is 79.9. The molecule has 2 aromatic rings. The van der Waals surface area contributed by atoms with Gasteiger partial charge in [0.1, 0.15) is 0 Å². The first-order chi connectivity index (χ1) is 9.40. The summed E-state index contributed by atoms with van der Waals surface area (Å²) in [6.45, 7) is 1.76. The summed E-state index contributed by atoms with van der Waals surface area (Å²) in [5, 5.41) is 0.462. The van der Waals surface area contributed by atoms with Gasteiger partial charge in [0.25, 0.3) is 0 Å². The number of sulfonamides is 1. The maximum absolute atomic E-state index is 12.3. The summed E-state index contributed by atoms with van der Waals surface area (Å²) in [6.07, 6.45) is 3.27. The fraction of sp³-hybridized carbons (Fsp3) is 0.154. The van der Waals surface area contributed by atoms with Crippen LogP contribution in [-0.4, -0.2) is 13.4 Å². The molecule has 0 aliphatic carbocycles. The summed E-state index contributed by atoms with van der Waals surface area (Å²) in [7, 11) is -3.61. The van der Waals surface area contributed by atoms with E-state index in [1.807, 2.05) is 6.07 Å². The van der Waals surface area contributed by atoms with Gasteiger partial charge in [-0.3, -0.25) is 4.98 Å². The lowest BCUT2D eigenvalue weighted by Gasteiger charge is -2.14. The fourth-order valence-corrected chi connectivity index (χ4v) is 3.55. The van der Waals surface area contributed by atoms with Crippen molar-refractivity contribution in [1.29, 1.82) is 0 Å². The molecule has 7 heteroatoms. The second-order valence-electron chi connectivity index (χ2n) is 4.21. The third-order valence-corrected chi connectivity index (χ3v) is 5.47. The van der Waals surface area contributed by atoms with Crippen LogP contribution in [0, 0.1) is 0 Å². The normalized spacial score (nSPS) is 13.2. The van der Waals surface area contributed by atoms with Crippen molar-refractivity contribution in [2.75, 3.05) is 0 Å². The van der Waals surface area contributed by atoms with Crippen LogP contribution in [0.1, 0.15) is 18.5 Å². The number of benzene rings is 1. The molecule has 0 radical (unpaired) electrons. The van der Waals surface area contributed by atoms with Crippen LogP contribution in [0.15, 0.2) is 52.1 Å². The van der Waals surface area contributed by atoms with E-state index in [4.69, 9.17) is 11.6 Å². The lowest BCUT2D eigenvalue weighted by atomic mass is 10.2. The van der Waals surface area contributed by atoms with Gasteiger partial charge in [-0.1, -0.05) is 17.7 Å². The molecule has 0 saturated carbocycles. The molecular weight excluding hydrogens is 364 g/mol. The molecular formula is C13H12BrClN2O2S. The van der Waals surface area contributed by atoms with E-state index in [9.17, 15) is 8.42 Å². The van der Waals surface area contributed by atoms with E-state index in [1.54, 1.807) is 25.4 Å². The van der Waals surface area contributed by atoms with Crippen molar-refractivity contribution in [1.82, 2.24) is 9.71 Å². The third-order valence-electron chi connectivity index (χ3n) is 2.72. The molecule has 0 aliphatic heterocycles. The molecule has 1 unspecified atom stereocenters. The second-order valence-corrected chi connectivity index (χ2v) is 7.18. The van der Waals surface area contributed by atoms with E-state index in [0.29, 0.717) is 9.50 Å². The van der Waals surface area contributed by atoms with E-state index < -0.39 is 10.0 Å². The van der Waals surface area contributed by atoms with Gasteiger partial charge in [0, 0.05) is 22.9 Å². The summed E-state index contributed by atoms with van der Waals surface area (Å²) in [5.41, 5.74) is 0.795. The van der Waals surface area contributed by atoms with Crippen LogP contribution in [0.5, 0.6) is 0 Å². The van der Waals surface area contributed by atoms with E-state index >= 15 is 0 Å². The summed E-state index contributed by atoms with van der Waals surface area (Å²) < 4.78 is 27.7. The van der Waals surface area contributed by atoms with Gasteiger partial charge in [-0.15, -0.1) is 0 Å². The molecule has 0 amide bonds. The first kappa shape index (κ1) is 15.4. The number of rotatable bonds is 4. The van der Waals surface area contributed by atoms with Gasteiger partial charge in [0.2, 0.25) is 10.0 Å². The van der Waals surface area contributed by atoms with Gasteiger partial charge in [0.15, 0.2) is 0 Å². The maximum atomic E-state index is 12.3. The van der Waals surface area contributed by atoms with Crippen molar-refractivity contribution in [3.63, 3.8) is 0 Å². The van der Waals surface area contributed by atoms with Crippen molar-refractivity contribution in [3.8, 4) is 0 Å². The summed E-state index contributed by atoms with van der Waals surface area (Å²) in [5.74, 6) is 0. The average Bonchev–Trinajstić information content (AvgIpc) is 2.42. The molecule has 0 aliphatic rings. The number of pyridine rings is 1. The monoisotopic (exact) mass is 374 g/mol. The van der Waals surface area contributed by atoms with Gasteiger partial charge >= 0.3 is 0 Å². The van der Waals surface area contributed by atoms with E-state index in [-0.39, 0.29) is 10.9 Å². The largest absolute Gasteiger partial charge is 0.264 e. The zero-order valence-corrected chi connectivity index (χ0v) is 13.7. The van der Waals surface area contributed by atoms with Gasteiger partial charge in [-0.25, -0.2) is 13.1 Å². The van der Waals surface area contributed by atoms with Crippen molar-refractivity contribution < 1.29 is 8.42 Å². The Morgan fingerprint density at radius 2 is 2.10 bits per heavy atom. The number of aromatic nitrogens is 1. The van der Waals surface area contributed by atoms with E-state index in [1.165, 1.54) is 18.2 Å². The van der Waals surface area contributed by atoms with Gasteiger partial charge in [-0.2, -0.15) is 0 Å². The second kappa shape index (κ2) is 6.22. The molecule has 1 atom stereocenters. The zero-order valence-electron chi connectivity index (χ0n) is 10.5. The van der Waals surface area contributed by atoms with Crippen LogP contribution in [0.4, 0.5) is 0 Å². The first-order valence-corrected chi connectivity index (χ1v) is 8.43. The Labute approximate surface area is 131 Å². The van der Waals surface area contributed by atoms with Crippen LogP contribution in [0.2, 0.25) is 5.02 Å². The molecule has 20 heavy (non-hydrogen) atoms. The first-order valence-electron chi connectivity index (χ1n) is 5.77. The van der Waals surface area contributed by atoms with Crippen molar-refractivity contribution in [3.05, 3.63) is 57.8 Å². The van der Waals surface area contributed by atoms with Crippen LogP contribution in [0.25, 0.3) is 0 Å². The fourth-order valence-electron chi connectivity index (χ4n) is 1.64. The number of hydrogen-bond acceptors (Lipinski definition) is 3. The highest BCUT2D eigenvalue weighted by molar-refractivity contribution is 9.10. The SMILES string of the molecule is CC(NS(=O)(=O)c1ccc(Cl)c(Br)c1)c1cccnc1. The summed E-state index contributed by atoms with van der Waals surface area (Å²) in [4.78, 5) is 4.13. The molecule has 1 aromatic carbocycles. The summed E-state index contributed by atoms with van der Waals surface area (Å²) in [6, 6.07) is 7.68. The van der Waals surface area contributed by atoms with Crippen molar-refractivity contribution in [2.24, 2.45) is 0 Å². The Hall–Kier alpha value is -0.950. The van der Waals surface area contributed by atoms with Crippen LogP contribution in [-0.2, 0) is 10.0 Å². The van der Waals surface area contributed by atoms with Crippen LogP contribution >= 0.6 is 27.5 Å². The van der Waals surface area contributed by atoms with Gasteiger partial charge in [0.05, 0.1) is 9.92 Å². The Bertz CT molecular complexity index is 708. The molecule has 0 bridgehead atoms. The number of halogens is 2. The minimum atomic E-state index is -3.61. The maximum Gasteiger partial charge on any atom is 0.241 e. The highest BCUT2D eigenvalue weighted by Crippen LogP contribution is 2.26. The Balaban J connectivity index is 2.25. The third kappa shape index (κ3) is 3.58. The predicted octanol–water partition coefficient (Wildman–Crippen LogP) is 3.54. The molecule has 2 rings (SSSR count). The Morgan fingerprint density at radius 3 is 2.70 bits per heavy atom. The summed E-state index contributed by atoms with van der Waals surface area (Å²) >= 11 is 9.08. The van der Waals surface area contributed by atoms with Gasteiger partial charge < -0.3 is 0 Å². The number of nitrogens with one attached hydrogen (secondary N) is 1. The van der Waals surface area contributed by atoms with E-state index in [0.717, 1.165) is 5.56 Å². The molecule has 4 nitrogen and oxygen atoms in total. The highest BCUT2D eigenvalue weighted by Gasteiger charge is 2.19. The lowest BCUT2D eigenvalue weighted by molar-refractivity contribution is 0.566. The molecule has 1 heterocycles. The average molecular weight is 376 g/mol. The van der Waals surface area contributed by atoms with Crippen LogP contribution in [0.3, 0.4) is 0 Å². The molecule has 0 saturated heterocycles. The zero-order chi connectivity index (χ0) is 14.8. The minimum Gasteiger partial charge on any atom is -0.264 e. The Kier molecular flexibility index (Phi) is 4.80. The smallest absolute Gasteiger partial charge is 0.241 e. The molecule has 0 spiro atoms. The van der Waals surface area contributed by atoms with Gasteiger partial charge in [-0.05, 0) is 52.7 Å². The van der Waals surface area contributed by atoms with Crippen LogP contribution < -0.4 is 4.72 Å². The van der Waals surface area contributed by atoms with Crippen molar-refractivity contribution in [2.45, 2.75) is 17.9 Å². The lowest BCUT2D eigenvalue weighted by Crippen LogP contribution is -2.27. The molecule has 0 fully saturated rings. The predicted molar refractivity (Wildman–Crippen MR) is 82.1 cm³/mol. The minimum absolute atomic E-state index is 0.157.